The van der Waals surface area contributed by atoms with E-state index >= 15 is 0 Å². The molecule has 1 atom stereocenters. The summed E-state index contributed by atoms with van der Waals surface area (Å²) < 4.78 is 69.2. The highest BCUT2D eigenvalue weighted by atomic mass is 35.5. The number of methoxy groups -OCH3 is 1. The lowest BCUT2D eigenvalue weighted by Gasteiger charge is -2.36. The zero-order valence-electron chi connectivity index (χ0n) is 25.1. The van der Waals surface area contributed by atoms with Crippen molar-refractivity contribution < 1.29 is 41.4 Å². The van der Waals surface area contributed by atoms with Crippen LogP contribution in [-0.4, -0.2) is 51.7 Å². The van der Waals surface area contributed by atoms with Crippen molar-refractivity contribution in [1.82, 2.24) is 5.32 Å². The molecule has 46 heavy (non-hydrogen) atoms. The van der Waals surface area contributed by atoms with E-state index in [-0.39, 0.29) is 57.6 Å². The molecule has 1 heterocycles. The van der Waals surface area contributed by atoms with Gasteiger partial charge in [-0.2, -0.15) is 0 Å². The minimum Gasteiger partial charge on any atom is -0.494 e. The number of amides is 1. The van der Waals surface area contributed by atoms with Crippen LogP contribution in [0.1, 0.15) is 43.7 Å². The molecular weight excluding hydrogens is 642 g/mol. The monoisotopic (exact) mass is 674 g/mol. The maximum Gasteiger partial charge on any atom is 0.306 e. The average molecular weight is 675 g/mol. The average Bonchev–Trinajstić information content (AvgIpc) is 3.03. The van der Waals surface area contributed by atoms with Crippen LogP contribution in [0.4, 0.5) is 14.5 Å². The molecule has 1 amide bonds. The van der Waals surface area contributed by atoms with Gasteiger partial charge in [-0.1, -0.05) is 29.8 Å². The van der Waals surface area contributed by atoms with Crippen LogP contribution < -0.4 is 19.1 Å². The van der Waals surface area contributed by atoms with Crippen molar-refractivity contribution in [3.8, 4) is 11.5 Å². The largest absolute Gasteiger partial charge is 0.494 e. The topological polar surface area (TPSA) is 122 Å². The third-order valence-electron chi connectivity index (χ3n) is 8.32. The number of carboxylic acid groups (broad SMARTS) is 1. The summed E-state index contributed by atoms with van der Waals surface area (Å²) in [5, 5.41) is 12.3. The van der Waals surface area contributed by atoms with Crippen LogP contribution in [0.2, 0.25) is 5.02 Å². The van der Waals surface area contributed by atoms with Gasteiger partial charge in [-0.15, -0.1) is 0 Å². The third-order valence-corrected chi connectivity index (χ3v) is 10.4. The lowest BCUT2D eigenvalue weighted by molar-refractivity contribution is -0.144. The molecule has 0 aromatic heterocycles. The second-order valence-corrected chi connectivity index (χ2v) is 13.6. The Bertz CT molecular complexity index is 1770. The number of benzene rings is 3. The number of carboxylic acids is 1. The number of hydrogen-bond acceptors (Lipinski definition) is 6. The van der Waals surface area contributed by atoms with Crippen molar-refractivity contribution in [1.29, 1.82) is 0 Å². The minimum absolute atomic E-state index is 0.0115. The molecule has 244 valence electrons. The number of sulfonamides is 1. The number of aliphatic carboxylic acids is 1. The molecule has 3 aromatic carbocycles. The molecule has 2 N–H and O–H groups in total. The summed E-state index contributed by atoms with van der Waals surface area (Å²) in [5.41, 5.74) is 1.46. The standard InChI is InChI=1S/C33H33ClF2N2O7S/c1-19(31-25(34)4-3-5-27(31)36)14-20-6-13-29-28(15-20)38(46(42,43)24-11-12-26(35)30(16-24)44-2)18-23(45-29)17-37-32(39)21-7-9-22(10-8-21)33(40)41/h3-6,11-16,21-23H,7-10,17-18H2,1-2H3,(H,37,39)(H,40,41)/b19-14+. The molecule has 2 aliphatic rings. The minimum atomic E-state index is -4.31. The molecule has 1 aliphatic heterocycles. The molecule has 0 radical (unpaired) electrons. The van der Waals surface area contributed by atoms with E-state index < -0.39 is 39.6 Å². The number of fused-ring (bicyclic) bond motifs is 1. The van der Waals surface area contributed by atoms with Crippen molar-refractivity contribution >= 4 is 50.8 Å². The SMILES string of the molecule is COc1cc(S(=O)(=O)N2CC(CNC(=O)C3CCC(C(=O)O)CC3)Oc3ccc(/C=C(\C)c4c(F)cccc4Cl)cc32)ccc1F. The summed E-state index contributed by atoms with van der Waals surface area (Å²) in [6, 6.07) is 12.5. The summed E-state index contributed by atoms with van der Waals surface area (Å²) in [4.78, 5) is 24.0. The first-order valence-corrected chi connectivity index (χ1v) is 16.5. The van der Waals surface area contributed by atoms with Gasteiger partial charge in [0.1, 0.15) is 17.7 Å². The Balaban J connectivity index is 1.44. The molecule has 9 nitrogen and oxygen atoms in total. The Morgan fingerprint density at radius 2 is 1.78 bits per heavy atom. The second-order valence-electron chi connectivity index (χ2n) is 11.4. The fourth-order valence-electron chi connectivity index (χ4n) is 5.84. The van der Waals surface area contributed by atoms with Gasteiger partial charge < -0.3 is 19.9 Å². The third kappa shape index (κ3) is 6.97. The van der Waals surface area contributed by atoms with Gasteiger partial charge in [0.2, 0.25) is 5.91 Å². The molecule has 1 aliphatic carbocycles. The van der Waals surface area contributed by atoms with E-state index in [1.807, 2.05) is 0 Å². The summed E-state index contributed by atoms with van der Waals surface area (Å²) in [6.07, 6.45) is 2.59. The Labute approximate surface area is 270 Å². The number of carbonyl (C=O) groups is 2. The van der Waals surface area contributed by atoms with Gasteiger partial charge in [0, 0.05) is 17.5 Å². The van der Waals surface area contributed by atoms with E-state index in [1.165, 1.54) is 19.2 Å². The predicted octanol–water partition coefficient (Wildman–Crippen LogP) is 6.15. The first kappa shape index (κ1) is 33.2. The van der Waals surface area contributed by atoms with Crippen LogP contribution in [0, 0.1) is 23.5 Å². The molecule has 1 saturated carbocycles. The van der Waals surface area contributed by atoms with Crippen LogP contribution in [0.15, 0.2) is 59.5 Å². The summed E-state index contributed by atoms with van der Waals surface area (Å²) in [6.45, 7) is 1.49. The fraction of sp³-hybridized carbons (Fsp3) is 0.333. The van der Waals surface area contributed by atoms with Crippen LogP contribution >= 0.6 is 11.6 Å². The zero-order valence-corrected chi connectivity index (χ0v) is 26.7. The highest BCUT2D eigenvalue weighted by Gasteiger charge is 2.36. The van der Waals surface area contributed by atoms with E-state index in [4.69, 9.17) is 21.1 Å². The Kier molecular flexibility index (Phi) is 9.88. The summed E-state index contributed by atoms with van der Waals surface area (Å²) >= 11 is 6.25. The lowest BCUT2D eigenvalue weighted by Crippen LogP contribution is -2.49. The molecule has 0 spiro atoms. The number of nitrogens with one attached hydrogen (secondary N) is 1. The highest BCUT2D eigenvalue weighted by molar-refractivity contribution is 7.92. The number of ether oxygens (including phenoxy) is 2. The Morgan fingerprint density at radius 1 is 1.07 bits per heavy atom. The highest BCUT2D eigenvalue weighted by Crippen LogP contribution is 2.39. The van der Waals surface area contributed by atoms with E-state index in [0.29, 0.717) is 36.8 Å². The van der Waals surface area contributed by atoms with Gasteiger partial charge in [-0.25, -0.2) is 17.2 Å². The van der Waals surface area contributed by atoms with E-state index in [9.17, 15) is 31.9 Å². The van der Waals surface area contributed by atoms with Gasteiger partial charge in [0.15, 0.2) is 11.6 Å². The van der Waals surface area contributed by atoms with Gasteiger partial charge in [0.05, 0.1) is 41.7 Å². The number of hydrogen-bond donors (Lipinski definition) is 2. The number of allylic oxidation sites excluding steroid dienone is 1. The smallest absolute Gasteiger partial charge is 0.306 e. The Hall–Kier alpha value is -4.16. The van der Waals surface area contributed by atoms with Gasteiger partial charge in [-0.3, -0.25) is 13.9 Å². The van der Waals surface area contributed by atoms with Crippen molar-refractivity contribution in [3.63, 3.8) is 0 Å². The summed E-state index contributed by atoms with van der Waals surface area (Å²) in [7, 11) is -3.07. The van der Waals surface area contributed by atoms with Gasteiger partial charge in [0.25, 0.3) is 10.0 Å². The van der Waals surface area contributed by atoms with Crippen molar-refractivity contribution in [2.75, 3.05) is 24.5 Å². The molecule has 13 heteroatoms. The molecule has 0 saturated heterocycles. The van der Waals surface area contributed by atoms with Crippen LogP contribution in [-0.2, 0) is 19.6 Å². The van der Waals surface area contributed by atoms with Crippen molar-refractivity contribution in [2.24, 2.45) is 11.8 Å². The molecule has 5 rings (SSSR count). The molecular formula is C33H33ClF2N2O7S. The number of rotatable bonds is 9. The quantitative estimate of drug-likeness (QED) is 0.261. The van der Waals surface area contributed by atoms with Crippen LogP contribution in [0.3, 0.4) is 0 Å². The molecule has 1 fully saturated rings. The molecule has 1 unspecified atom stereocenters. The predicted molar refractivity (Wildman–Crippen MR) is 169 cm³/mol. The maximum absolute atomic E-state index is 14.6. The normalized spacial score (nSPS) is 20.0. The van der Waals surface area contributed by atoms with Gasteiger partial charge >= 0.3 is 5.97 Å². The maximum atomic E-state index is 14.6. The fourth-order valence-corrected chi connectivity index (χ4v) is 7.67. The lowest BCUT2D eigenvalue weighted by atomic mass is 9.81. The van der Waals surface area contributed by atoms with E-state index in [2.05, 4.69) is 5.32 Å². The zero-order chi connectivity index (χ0) is 33.2. The first-order valence-electron chi connectivity index (χ1n) is 14.7. The molecule has 3 aromatic rings. The number of anilines is 1. The number of nitrogens with zero attached hydrogens (tertiary/aromatic N) is 1. The Morgan fingerprint density at radius 3 is 2.46 bits per heavy atom. The van der Waals surface area contributed by atoms with Crippen molar-refractivity contribution in [3.05, 3.63) is 82.4 Å². The van der Waals surface area contributed by atoms with Crippen LogP contribution in [0.5, 0.6) is 11.5 Å². The number of carbonyl (C=O) groups excluding carboxylic acids is 1. The number of halogens is 3. The van der Waals surface area contributed by atoms with Gasteiger partial charge in [-0.05, 0) is 80.1 Å². The first-order chi connectivity index (χ1) is 21.9. The van der Waals surface area contributed by atoms with E-state index in [0.717, 1.165) is 22.5 Å². The second kappa shape index (κ2) is 13.7. The van der Waals surface area contributed by atoms with E-state index in [1.54, 1.807) is 37.3 Å². The van der Waals surface area contributed by atoms with Crippen molar-refractivity contribution in [2.45, 2.75) is 43.6 Å². The van der Waals surface area contributed by atoms with Crippen LogP contribution in [0.25, 0.3) is 11.6 Å². The molecule has 0 bridgehead atoms. The summed E-state index contributed by atoms with van der Waals surface area (Å²) in [5.74, 6) is -3.17.